The van der Waals surface area contributed by atoms with E-state index in [1.807, 2.05) is 6.07 Å². The zero-order chi connectivity index (χ0) is 10.1. The van der Waals surface area contributed by atoms with Gasteiger partial charge in [0, 0.05) is 21.6 Å². The Morgan fingerprint density at radius 1 is 1.43 bits per heavy atom. The minimum atomic E-state index is 0.255. The molecule has 0 aromatic heterocycles. The number of halogens is 1. The number of carbonyl (C=O) groups is 1. The first-order chi connectivity index (χ1) is 6.68. The molecular formula is C11H12BrNO. The molecule has 1 aromatic rings. The third-order valence-corrected chi connectivity index (χ3v) is 3.45. The molecule has 2 N–H and O–H groups in total. The number of hydrogen-bond donors (Lipinski definition) is 1. The summed E-state index contributed by atoms with van der Waals surface area (Å²) in [5.74, 6) is 0.516. The minimum Gasteiger partial charge on any atom is -0.398 e. The first-order valence-electron chi connectivity index (χ1n) is 4.77. The average Bonchev–Trinajstić information content (AvgIpc) is 2.06. The van der Waals surface area contributed by atoms with E-state index in [-0.39, 0.29) is 11.7 Å². The highest BCUT2D eigenvalue weighted by molar-refractivity contribution is 9.10. The summed E-state index contributed by atoms with van der Waals surface area (Å²) >= 11 is 3.33. The molecule has 1 saturated carbocycles. The molecule has 0 saturated heterocycles. The van der Waals surface area contributed by atoms with Crippen molar-refractivity contribution in [1.82, 2.24) is 0 Å². The van der Waals surface area contributed by atoms with Gasteiger partial charge in [-0.15, -0.1) is 0 Å². The Bertz CT molecular complexity index is 372. The highest BCUT2D eigenvalue weighted by Crippen LogP contribution is 2.31. The number of carbonyl (C=O) groups excluding carboxylic acids is 1. The number of Topliss-reactive ketones (excluding diaryl/α,β-unsaturated/α-hetero) is 1. The zero-order valence-electron chi connectivity index (χ0n) is 7.79. The number of benzene rings is 1. The number of anilines is 1. The lowest BCUT2D eigenvalue weighted by Gasteiger charge is -2.23. The Morgan fingerprint density at radius 3 is 2.64 bits per heavy atom. The summed E-state index contributed by atoms with van der Waals surface area (Å²) in [6.45, 7) is 0. The van der Waals surface area contributed by atoms with Crippen LogP contribution >= 0.6 is 15.9 Å². The summed E-state index contributed by atoms with van der Waals surface area (Å²) < 4.78 is 0.808. The fourth-order valence-electron chi connectivity index (χ4n) is 1.59. The van der Waals surface area contributed by atoms with E-state index in [2.05, 4.69) is 15.9 Å². The number of hydrogen-bond acceptors (Lipinski definition) is 2. The third-order valence-electron chi connectivity index (χ3n) is 2.76. The van der Waals surface area contributed by atoms with Gasteiger partial charge in [-0.2, -0.15) is 0 Å². The van der Waals surface area contributed by atoms with E-state index in [0.717, 1.165) is 22.9 Å². The van der Waals surface area contributed by atoms with Crippen LogP contribution < -0.4 is 5.73 Å². The van der Waals surface area contributed by atoms with E-state index in [1.165, 1.54) is 6.42 Å². The van der Waals surface area contributed by atoms with Crippen molar-refractivity contribution in [3.8, 4) is 0 Å². The molecule has 0 unspecified atom stereocenters. The van der Waals surface area contributed by atoms with Gasteiger partial charge in [-0.1, -0.05) is 6.42 Å². The van der Waals surface area contributed by atoms with E-state index >= 15 is 0 Å². The topological polar surface area (TPSA) is 43.1 Å². The smallest absolute Gasteiger partial charge is 0.165 e. The lowest BCUT2D eigenvalue weighted by Crippen LogP contribution is -2.21. The van der Waals surface area contributed by atoms with Crippen molar-refractivity contribution in [3.05, 3.63) is 28.2 Å². The maximum absolute atomic E-state index is 11.8. The number of nitrogens with two attached hydrogens (primary N) is 1. The molecule has 3 heteroatoms. The highest BCUT2D eigenvalue weighted by Gasteiger charge is 2.26. The fraction of sp³-hybridized carbons (Fsp3) is 0.364. The van der Waals surface area contributed by atoms with Crippen LogP contribution in [0.15, 0.2) is 22.7 Å². The van der Waals surface area contributed by atoms with E-state index in [1.54, 1.807) is 12.1 Å². The largest absolute Gasteiger partial charge is 0.398 e. The molecule has 74 valence electrons. The second-order valence-electron chi connectivity index (χ2n) is 3.73. The van der Waals surface area contributed by atoms with Crippen LogP contribution in [0.1, 0.15) is 29.6 Å². The van der Waals surface area contributed by atoms with Gasteiger partial charge in [0.25, 0.3) is 0 Å². The first kappa shape index (κ1) is 9.71. The Kier molecular flexibility index (Phi) is 2.59. The maximum atomic E-state index is 11.8. The van der Waals surface area contributed by atoms with Gasteiger partial charge in [-0.25, -0.2) is 0 Å². The molecule has 0 bridgehead atoms. The SMILES string of the molecule is Nc1ccc(C(=O)C2CCC2)cc1Br. The summed E-state index contributed by atoms with van der Waals surface area (Å²) in [4.78, 5) is 11.8. The molecule has 14 heavy (non-hydrogen) atoms. The quantitative estimate of drug-likeness (QED) is 0.651. The van der Waals surface area contributed by atoms with Crippen molar-refractivity contribution < 1.29 is 4.79 Å². The molecule has 1 aliphatic carbocycles. The summed E-state index contributed by atoms with van der Waals surface area (Å²) in [5, 5.41) is 0. The molecule has 0 radical (unpaired) electrons. The van der Waals surface area contributed by atoms with E-state index in [4.69, 9.17) is 5.73 Å². The van der Waals surface area contributed by atoms with Crippen molar-refractivity contribution >= 4 is 27.4 Å². The maximum Gasteiger partial charge on any atom is 0.165 e. The Balaban J connectivity index is 2.23. The molecule has 1 aromatic carbocycles. The van der Waals surface area contributed by atoms with Crippen LogP contribution in [0.3, 0.4) is 0 Å². The van der Waals surface area contributed by atoms with Gasteiger partial charge in [0.1, 0.15) is 0 Å². The molecule has 0 amide bonds. The number of rotatable bonds is 2. The lowest BCUT2D eigenvalue weighted by molar-refractivity contribution is 0.0855. The number of ketones is 1. The highest BCUT2D eigenvalue weighted by atomic mass is 79.9. The van der Waals surface area contributed by atoms with Crippen molar-refractivity contribution in [2.75, 3.05) is 5.73 Å². The van der Waals surface area contributed by atoms with Crippen LogP contribution in [0, 0.1) is 5.92 Å². The summed E-state index contributed by atoms with van der Waals surface area (Å²) in [6, 6.07) is 5.40. The van der Waals surface area contributed by atoms with Gasteiger partial charge in [-0.05, 0) is 47.0 Å². The standard InChI is InChI=1S/C11H12BrNO/c12-9-6-8(4-5-10(9)13)11(14)7-2-1-3-7/h4-7H,1-3,13H2. The first-order valence-corrected chi connectivity index (χ1v) is 5.57. The van der Waals surface area contributed by atoms with Crippen molar-refractivity contribution in [3.63, 3.8) is 0 Å². The molecule has 0 heterocycles. The van der Waals surface area contributed by atoms with Crippen molar-refractivity contribution in [2.24, 2.45) is 5.92 Å². The molecular weight excluding hydrogens is 242 g/mol. The fourth-order valence-corrected chi connectivity index (χ4v) is 1.97. The Hall–Kier alpha value is -0.830. The Morgan fingerprint density at radius 2 is 2.14 bits per heavy atom. The second-order valence-corrected chi connectivity index (χ2v) is 4.58. The van der Waals surface area contributed by atoms with Crippen LogP contribution in [0.25, 0.3) is 0 Å². The van der Waals surface area contributed by atoms with Crippen LogP contribution in [0.5, 0.6) is 0 Å². The second kappa shape index (κ2) is 3.73. The number of nitrogen functional groups attached to an aromatic ring is 1. The van der Waals surface area contributed by atoms with E-state index < -0.39 is 0 Å². The molecule has 0 atom stereocenters. The average molecular weight is 254 g/mol. The lowest BCUT2D eigenvalue weighted by atomic mass is 9.80. The minimum absolute atomic E-state index is 0.255. The summed E-state index contributed by atoms with van der Waals surface area (Å²) in [6.07, 6.45) is 3.27. The van der Waals surface area contributed by atoms with Crippen LogP contribution in [0.2, 0.25) is 0 Å². The molecule has 0 spiro atoms. The summed E-state index contributed by atoms with van der Waals surface area (Å²) in [5.41, 5.74) is 7.10. The molecule has 0 aliphatic heterocycles. The van der Waals surface area contributed by atoms with Gasteiger partial charge < -0.3 is 5.73 Å². The zero-order valence-corrected chi connectivity index (χ0v) is 9.38. The molecule has 1 aliphatic rings. The van der Waals surface area contributed by atoms with E-state index in [0.29, 0.717) is 5.69 Å². The van der Waals surface area contributed by atoms with Gasteiger partial charge in [0.15, 0.2) is 5.78 Å². The Labute approximate surface area is 91.6 Å². The molecule has 2 rings (SSSR count). The normalized spacial score (nSPS) is 16.4. The molecule has 2 nitrogen and oxygen atoms in total. The summed E-state index contributed by atoms with van der Waals surface area (Å²) in [7, 11) is 0. The predicted octanol–water partition coefficient (Wildman–Crippen LogP) is 3.01. The van der Waals surface area contributed by atoms with Crippen LogP contribution in [-0.2, 0) is 0 Å². The van der Waals surface area contributed by atoms with Crippen molar-refractivity contribution in [2.45, 2.75) is 19.3 Å². The van der Waals surface area contributed by atoms with Crippen LogP contribution in [0.4, 0.5) is 5.69 Å². The van der Waals surface area contributed by atoms with E-state index in [9.17, 15) is 4.79 Å². The molecule has 1 fully saturated rings. The van der Waals surface area contributed by atoms with Gasteiger partial charge in [0.05, 0.1) is 0 Å². The van der Waals surface area contributed by atoms with Gasteiger partial charge in [0.2, 0.25) is 0 Å². The van der Waals surface area contributed by atoms with Crippen LogP contribution in [-0.4, -0.2) is 5.78 Å². The van der Waals surface area contributed by atoms with Crippen molar-refractivity contribution in [1.29, 1.82) is 0 Å². The van der Waals surface area contributed by atoms with Gasteiger partial charge >= 0.3 is 0 Å². The van der Waals surface area contributed by atoms with Gasteiger partial charge in [-0.3, -0.25) is 4.79 Å². The monoisotopic (exact) mass is 253 g/mol. The third kappa shape index (κ3) is 1.69. The predicted molar refractivity (Wildman–Crippen MR) is 60.2 cm³/mol.